The highest BCUT2D eigenvalue weighted by Crippen LogP contribution is 2.16. The Morgan fingerprint density at radius 1 is 1.40 bits per heavy atom. The SMILES string of the molecule is CN(Cc1ccccc1Cl)C(=O)C(=O)O. The molecule has 0 saturated heterocycles. The monoisotopic (exact) mass is 227 g/mol. The number of aliphatic carboxylic acids is 1. The number of hydrogen-bond acceptors (Lipinski definition) is 2. The fourth-order valence-electron chi connectivity index (χ4n) is 1.12. The quantitative estimate of drug-likeness (QED) is 0.777. The number of halogens is 1. The molecule has 0 aliphatic heterocycles. The first-order chi connectivity index (χ1) is 7.02. The highest BCUT2D eigenvalue weighted by atomic mass is 35.5. The van der Waals surface area contributed by atoms with Crippen LogP contribution in [0.2, 0.25) is 5.02 Å². The summed E-state index contributed by atoms with van der Waals surface area (Å²) in [6.07, 6.45) is 0. The standard InChI is InChI=1S/C10H10ClNO3/c1-12(9(13)10(14)15)6-7-4-2-3-5-8(7)11/h2-5H,6H2,1H3,(H,14,15). The van der Waals surface area contributed by atoms with Crippen LogP contribution in [0.5, 0.6) is 0 Å². The summed E-state index contributed by atoms with van der Waals surface area (Å²) < 4.78 is 0. The molecule has 1 aromatic rings. The smallest absolute Gasteiger partial charge is 0.394 e. The van der Waals surface area contributed by atoms with E-state index in [0.29, 0.717) is 5.02 Å². The molecule has 15 heavy (non-hydrogen) atoms. The molecule has 0 radical (unpaired) electrons. The van der Waals surface area contributed by atoms with Crippen molar-refractivity contribution in [3.8, 4) is 0 Å². The van der Waals surface area contributed by atoms with Crippen LogP contribution in [0, 0.1) is 0 Å². The first-order valence-corrected chi connectivity index (χ1v) is 4.62. The van der Waals surface area contributed by atoms with Crippen molar-refractivity contribution in [2.45, 2.75) is 6.54 Å². The number of amides is 1. The van der Waals surface area contributed by atoms with Crippen LogP contribution in [-0.4, -0.2) is 28.9 Å². The maximum atomic E-state index is 11.0. The van der Waals surface area contributed by atoms with Gasteiger partial charge in [0, 0.05) is 18.6 Å². The Hall–Kier alpha value is -1.55. The number of carboxylic acid groups (broad SMARTS) is 1. The number of carboxylic acids is 1. The Bertz CT molecular complexity index is 392. The molecular formula is C10H10ClNO3. The van der Waals surface area contributed by atoms with E-state index >= 15 is 0 Å². The number of hydrogen-bond donors (Lipinski definition) is 1. The molecule has 0 aliphatic rings. The van der Waals surface area contributed by atoms with Crippen molar-refractivity contribution in [1.29, 1.82) is 0 Å². The number of carbonyl (C=O) groups excluding carboxylic acids is 1. The molecular weight excluding hydrogens is 218 g/mol. The minimum Gasteiger partial charge on any atom is -0.474 e. The van der Waals surface area contributed by atoms with E-state index in [-0.39, 0.29) is 6.54 Å². The van der Waals surface area contributed by atoms with E-state index in [1.165, 1.54) is 7.05 Å². The Labute approximate surface area is 92.1 Å². The Balaban J connectivity index is 2.75. The highest BCUT2D eigenvalue weighted by molar-refractivity contribution is 6.32. The lowest BCUT2D eigenvalue weighted by Crippen LogP contribution is -2.32. The van der Waals surface area contributed by atoms with E-state index in [4.69, 9.17) is 16.7 Å². The molecule has 0 aliphatic carbocycles. The molecule has 0 fully saturated rings. The van der Waals surface area contributed by atoms with Gasteiger partial charge in [-0.25, -0.2) is 4.79 Å². The fraction of sp³-hybridized carbons (Fsp3) is 0.200. The minimum atomic E-state index is -1.47. The van der Waals surface area contributed by atoms with Crippen molar-refractivity contribution in [3.05, 3.63) is 34.9 Å². The van der Waals surface area contributed by atoms with Gasteiger partial charge in [0.25, 0.3) is 0 Å². The molecule has 1 N–H and O–H groups in total. The highest BCUT2D eigenvalue weighted by Gasteiger charge is 2.17. The molecule has 1 aromatic carbocycles. The van der Waals surface area contributed by atoms with E-state index in [0.717, 1.165) is 10.5 Å². The second-order valence-electron chi connectivity index (χ2n) is 3.06. The van der Waals surface area contributed by atoms with Crippen molar-refractivity contribution >= 4 is 23.5 Å². The molecule has 0 unspecified atom stereocenters. The van der Waals surface area contributed by atoms with E-state index in [1.54, 1.807) is 24.3 Å². The van der Waals surface area contributed by atoms with Gasteiger partial charge in [-0.1, -0.05) is 29.8 Å². The van der Waals surface area contributed by atoms with Crippen molar-refractivity contribution < 1.29 is 14.7 Å². The summed E-state index contributed by atoms with van der Waals surface area (Å²) in [7, 11) is 1.42. The lowest BCUT2D eigenvalue weighted by atomic mass is 10.2. The third-order valence-corrected chi connectivity index (χ3v) is 2.26. The van der Waals surface area contributed by atoms with Crippen LogP contribution in [-0.2, 0) is 16.1 Å². The predicted octanol–water partition coefficient (Wildman–Crippen LogP) is 1.38. The van der Waals surface area contributed by atoms with Gasteiger partial charge in [0.05, 0.1) is 0 Å². The third kappa shape index (κ3) is 2.95. The second kappa shape index (κ2) is 4.79. The number of rotatable bonds is 2. The topological polar surface area (TPSA) is 57.6 Å². The van der Waals surface area contributed by atoms with E-state index in [1.807, 2.05) is 0 Å². The van der Waals surface area contributed by atoms with Gasteiger partial charge >= 0.3 is 11.9 Å². The van der Waals surface area contributed by atoms with Gasteiger partial charge in [-0.3, -0.25) is 4.79 Å². The lowest BCUT2D eigenvalue weighted by Gasteiger charge is -2.15. The number of carbonyl (C=O) groups is 2. The number of likely N-dealkylation sites (N-methyl/N-ethyl adjacent to an activating group) is 1. The Morgan fingerprint density at radius 3 is 2.53 bits per heavy atom. The number of nitrogens with zero attached hydrogens (tertiary/aromatic N) is 1. The molecule has 5 heteroatoms. The molecule has 0 spiro atoms. The van der Waals surface area contributed by atoms with Gasteiger partial charge in [-0.15, -0.1) is 0 Å². The van der Waals surface area contributed by atoms with Gasteiger partial charge in [-0.2, -0.15) is 0 Å². The largest absolute Gasteiger partial charge is 0.474 e. The zero-order valence-electron chi connectivity index (χ0n) is 8.11. The summed E-state index contributed by atoms with van der Waals surface area (Å²) in [6, 6.07) is 6.98. The molecule has 0 heterocycles. The van der Waals surface area contributed by atoms with Crippen molar-refractivity contribution in [2.75, 3.05) is 7.05 Å². The van der Waals surface area contributed by atoms with Crippen molar-refractivity contribution in [2.24, 2.45) is 0 Å². The van der Waals surface area contributed by atoms with Gasteiger partial charge in [-0.05, 0) is 11.6 Å². The lowest BCUT2D eigenvalue weighted by molar-refractivity contribution is -0.155. The van der Waals surface area contributed by atoms with Crippen LogP contribution in [0.25, 0.3) is 0 Å². The summed E-state index contributed by atoms with van der Waals surface area (Å²) in [6.45, 7) is 0.185. The van der Waals surface area contributed by atoms with Crippen LogP contribution in [0.3, 0.4) is 0 Å². The summed E-state index contributed by atoms with van der Waals surface area (Å²) in [5, 5.41) is 8.99. The third-order valence-electron chi connectivity index (χ3n) is 1.90. The second-order valence-corrected chi connectivity index (χ2v) is 3.46. The molecule has 1 rings (SSSR count). The Morgan fingerprint density at radius 2 is 2.00 bits per heavy atom. The van der Waals surface area contributed by atoms with E-state index in [9.17, 15) is 9.59 Å². The average Bonchev–Trinajstić information content (AvgIpc) is 2.20. The molecule has 0 aromatic heterocycles. The summed E-state index contributed by atoms with van der Waals surface area (Å²) in [4.78, 5) is 22.5. The van der Waals surface area contributed by atoms with Gasteiger partial charge < -0.3 is 10.0 Å². The van der Waals surface area contributed by atoms with Crippen LogP contribution in [0.4, 0.5) is 0 Å². The van der Waals surface area contributed by atoms with E-state index in [2.05, 4.69) is 0 Å². The number of benzene rings is 1. The van der Waals surface area contributed by atoms with Gasteiger partial charge in [0.1, 0.15) is 0 Å². The zero-order chi connectivity index (χ0) is 11.4. The fourth-order valence-corrected chi connectivity index (χ4v) is 1.31. The van der Waals surface area contributed by atoms with Crippen molar-refractivity contribution in [3.63, 3.8) is 0 Å². The zero-order valence-corrected chi connectivity index (χ0v) is 8.86. The minimum absolute atomic E-state index is 0.185. The van der Waals surface area contributed by atoms with Crippen LogP contribution in [0.15, 0.2) is 24.3 Å². The van der Waals surface area contributed by atoms with Crippen molar-refractivity contribution in [1.82, 2.24) is 4.90 Å². The van der Waals surface area contributed by atoms with E-state index < -0.39 is 11.9 Å². The maximum Gasteiger partial charge on any atom is 0.394 e. The molecule has 1 amide bonds. The first kappa shape index (κ1) is 11.5. The predicted molar refractivity (Wildman–Crippen MR) is 55.6 cm³/mol. The van der Waals surface area contributed by atoms with Crippen LogP contribution < -0.4 is 0 Å². The molecule has 0 atom stereocenters. The van der Waals surface area contributed by atoms with Crippen LogP contribution in [0.1, 0.15) is 5.56 Å². The average molecular weight is 228 g/mol. The Kier molecular flexibility index (Phi) is 3.68. The van der Waals surface area contributed by atoms with Gasteiger partial charge in [0.2, 0.25) is 0 Å². The first-order valence-electron chi connectivity index (χ1n) is 4.24. The maximum absolute atomic E-state index is 11.0. The molecule has 0 bridgehead atoms. The molecule has 4 nitrogen and oxygen atoms in total. The van der Waals surface area contributed by atoms with Gasteiger partial charge in [0.15, 0.2) is 0 Å². The normalized spacial score (nSPS) is 9.73. The summed E-state index contributed by atoms with van der Waals surface area (Å²) in [5.41, 5.74) is 0.719. The molecule has 80 valence electrons. The summed E-state index contributed by atoms with van der Waals surface area (Å²) >= 11 is 5.87. The van der Waals surface area contributed by atoms with Crippen LogP contribution >= 0.6 is 11.6 Å². The summed E-state index contributed by atoms with van der Waals surface area (Å²) in [5.74, 6) is -2.42. The molecule has 0 saturated carbocycles.